The van der Waals surface area contributed by atoms with E-state index in [1.165, 1.54) is 4.88 Å². The van der Waals surface area contributed by atoms with Crippen molar-refractivity contribution in [2.24, 2.45) is 0 Å². The zero-order chi connectivity index (χ0) is 21.8. The van der Waals surface area contributed by atoms with Gasteiger partial charge in [-0.2, -0.15) is 0 Å². The van der Waals surface area contributed by atoms with E-state index >= 15 is 0 Å². The number of amides is 1. The van der Waals surface area contributed by atoms with Gasteiger partial charge in [-0.05, 0) is 54.7 Å². The van der Waals surface area contributed by atoms with Crippen molar-refractivity contribution < 1.29 is 19.0 Å². The van der Waals surface area contributed by atoms with Gasteiger partial charge in [0.2, 0.25) is 0 Å². The second kappa shape index (κ2) is 9.31. The molecule has 0 atom stereocenters. The molecule has 2 N–H and O–H groups in total. The van der Waals surface area contributed by atoms with Crippen molar-refractivity contribution in [3.63, 3.8) is 0 Å². The van der Waals surface area contributed by atoms with Gasteiger partial charge in [-0.3, -0.25) is 4.79 Å². The van der Waals surface area contributed by atoms with Gasteiger partial charge in [-0.15, -0.1) is 11.3 Å². The molecule has 0 saturated heterocycles. The average molecular weight is 439 g/mol. The molecule has 7 heteroatoms. The molecule has 1 aromatic heterocycles. The summed E-state index contributed by atoms with van der Waals surface area (Å²) in [5.74, 6) is 1.92. The van der Waals surface area contributed by atoms with Gasteiger partial charge in [0, 0.05) is 17.5 Å². The first-order chi connectivity index (χ1) is 15.1. The molecule has 3 aromatic rings. The smallest absolute Gasteiger partial charge is 0.259 e. The molecule has 0 spiro atoms. The topological polar surface area (TPSA) is 68.8 Å². The van der Waals surface area contributed by atoms with E-state index in [0.29, 0.717) is 23.7 Å². The second-order valence-corrected chi connectivity index (χ2v) is 8.39. The lowest BCUT2D eigenvalue weighted by Crippen LogP contribution is -2.15. The number of rotatable bonds is 8. The minimum Gasteiger partial charge on any atom is -0.497 e. The van der Waals surface area contributed by atoms with E-state index in [9.17, 15) is 4.79 Å². The number of benzene rings is 2. The fourth-order valence-corrected chi connectivity index (χ4v) is 5.10. The van der Waals surface area contributed by atoms with E-state index in [1.807, 2.05) is 24.3 Å². The monoisotopic (exact) mass is 438 g/mol. The maximum Gasteiger partial charge on any atom is 0.259 e. The average Bonchev–Trinajstić information content (AvgIpc) is 3.39. The Labute approximate surface area is 186 Å². The molecule has 1 aliphatic carbocycles. The minimum atomic E-state index is -0.129. The Bertz CT molecular complexity index is 1090. The van der Waals surface area contributed by atoms with Crippen LogP contribution >= 0.6 is 11.3 Å². The summed E-state index contributed by atoms with van der Waals surface area (Å²) in [6.45, 7) is 0.614. The minimum absolute atomic E-state index is 0.129. The molecule has 0 aliphatic heterocycles. The van der Waals surface area contributed by atoms with Crippen LogP contribution < -0.4 is 24.8 Å². The van der Waals surface area contributed by atoms with Crippen molar-refractivity contribution in [2.75, 3.05) is 32.0 Å². The Kier molecular flexibility index (Phi) is 6.32. The van der Waals surface area contributed by atoms with E-state index in [4.69, 9.17) is 14.2 Å². The number of hydrogen-bond acceptors (Lipinski definition) is 6. The van der Waals surface area contributed by atoms with Crippen LogP contribution in [0.5, 0.6) is 17.2 Å². The van der Waals surface area contributed by atoms with Crippen molar-refractivity contribution in [2.45, 2.75) is 25.8 Å². The summed E-state index contributed by atoms with van der Waals surface area (Å²) < 4.78 is 16.0. The highest BCUT2D eigenvalue weighted by molar-refractivity contribution is 7.16. The molecule has 1 amide bonds. The number of fused-ring (bicyclic) bond motifs is 1. The summed E-state index contributed by atoms with van der Waals surface area (Å²) in [6.07, 6.45) is 3.03. The van der Waals surface area contributed by atoms with E-state index in [2.05, 4.69) is 10.6 Å². The van der Waals surface area contributed by atoms with Crippen LogP contribution in [0.2, 0.25) is 0 Å². The number of aryl methyl sites for hydroxylation is 1. The summed E-state index contributed by atoms with van der Waals surface area (Å²) in [5, 5.41) is 7.40. The third-order valence-electron chi connectivity index (χ3n) is 5.39. The molecule has 0 bridgehead atoms. The second-order valence-electron chi connectivity index (χ2n) is 7.29. The van der Waals surface area contributed by atoms with Crippen LogP contribution in [0.1, 0.15) is 32.8 Å². The van der Waals surface area contributed by atoms with Gasteiger partial charge in [0.25, 0.3) is 5.91 Å². The van der Waals surface area contributed by atoms with Crippen LogP contribution in [0, 0.1) is 0 Å². The number of carbonyl (C=O) groups is 1. The highest BCUT2D eigenvalue weighted by Crippen LogP contribution is 2.40. The van der Waals surface area contributed by atoms with Crippen molar-refractivity contribution >= 4 is 27.9 Å². The zero-order valence-electron chi connectivity index (χ0n) is 17.9. The number of methoxy groups -OCH3 is 3. The highest BCUT2D eigenvalue weighted by atomic mass is 32.1. The Morgan fingerprint density at radius 1 is 1.00 bits per heavy atom. The molecular formula is C24H26N2O4S. The molecule has 0 unspecified atom stereocenters. The van der Waals surface area contributed by atoms with Crippen LogP contribution in [0.15, 0.2) is 42.5 Å². The molecule has 0 radical (unpaired) electrons. The summed E-state index contributed by atoms with van der Waals surface area (Å²) >= 11 is 1.68. The molecule has 31 heavy (non-hydrogen) atoms. The first kappa shape index (κ1) is 21.1. The number of thiophene rings is 1. The molecule has 2 aromatic carbocycles. The SMILES string of the molecule is COc1cccc(CNc2sc3c(c2C(=O)Nc2ccc(OC)cc2OC)CCC3)c1. The van der Waals surface area contributed by atoms with E-state index < -0.39 is 0 Å². The third kappa shape index (κ3) is 4.46. The fourth-order valence-electron chi connectivity index (χ4n) is 3.82. The van der Waals surface area contributed by atoms with E-state index in [0.717, 1.165) is 46.7 Å². The Balaban J connectivity index is 1.58. The highest BCUT2D eigenvalue weighted by Gasteiger charge is 2.27. The largest absolute Gasteiger partial charge is 0.497 e. The normalized spacial score (nSPS) is 12.2. The van der Waals surface area contributed by atoms with Crippen molar-refractivity contribution in [3.8, 4) is 17.2 Å². The summed E-state index contributed by atoms with van der Waals surface area (Å²) in [4.78, 5) is 14.6. The predicted octanol–water partition coefficient (Wildman–Crippen LogP) is 5.13. The maximum absolute atomic E-state index is 13.3. The van der Waals surface area contributed by atoms with Gasteiger partial charge in [-0.1, -0.05) is 12.1 Å². The summed E-state index contributed by atoms with van der Waals surface area (Å²) in [5.41, 5.74) is 3.60. The Morgan fingerprint density at radius 3 is 2.58 bits per heavy atom. The first-order valence-corrected chi connectivity index (χ1v) is 11.0. The van der Waals surface area contributed by atoms with Gasteiger partial charge in [0.1, 0.15) is 22.2 Å². The Hall–Kier alpha value is -3.19. The summed E-state index contributed by atoms with van der Waals surface area (Å²) in [7, 11) is 4.84. The van der Waals surface area contributed by atoms with Gasteiger partial charge in [0.05, 0.1) is 32.6 Å². The summed E-state index contributed by atoms with van der Waals surface area (Å²) in [6, 6.07) is 13.3. The van der Waals surface area contributed by atoms with Crippen molar-refractivity contribution in [1.29, 1.82) is 0 Å². The van der Waals surface area contributed by atoms with Gasteiger partial charge < -0.3 is 24.8 Å². The van der Waals surface area contributed by atoms with Gasteiger partial charge in [-0.25, -0.2) is 0 Å². The maximum atomic E-state index is 13.3. The van der Waals surface area contributed by atoms with Gasteiger partial charge >= 0.3 is 0 Å². The predicted molar refractivity (Wildman–Crippen MR) is 124 cm³/mol. The van der Waals surface area contributed by atoms with E-state index in [1.54, 1.807) is 50.9 Å². The number of anilines is 2. The van der Waals surface area contributed by atoms with E-state index in [-0.39, 0.29) is 5.91 Å². The fraction of sp³-hybridized carbons (Fsp3) is 0.292. The van der Waals surface area contributed by atoms with Crippen LogP contribution in [0.3, 0.4) is 0 Å². The van der Waals surface area contributed by atoms with Crippen molar-refractivity contribution in [3.05, 3.63) is 64.0 Å². The number of carbonyl (C=O) groups excluding carboxylic acids is 1. The molecule has 0 saturated carbocycles. The molecule has 6 nitrogen and oxygen atoms in total. The molecular weight excluding hydrogens is 412 g/mol. The number of nitrogens with one attached hydrogen (secondary N) is 2. The molecule has 162 valence electrons. The molecule has 1 heterocycles. The lowest BCUT2D eigenvalue weighted by molar-refractivity contribution is 0.102. The van der Waals surface area contributed by atoms with Crippen LogP contribution in [0.25, 0.3) is 0 Å². The number of ether oxygens (including phenoxy) is 3. The van der Waals surface area contributed by atoms with Gasteiger partial charge in [0.15, 0.2) is 0 Å². The lowest BCUT2D eigenvalue weighted by Gasteiger charge is -2.13. The quantitative estimate of drug-likeness (QED) is 0.510. The third-order valence-corrected chi connectivity index (χ3v) is 6.64. The Morgan fingerprint density at radius 2 is 1.81 bits per heavy atom. The lowest BCUT2D eigenvalue weighted by atomic mass is 10.1. The first-order valence-electron chi connectivity index (χ1n) is 10.2. The number of hydrogen-bond donors (Lipinski definition) is 2. The van der Waals surface area contributed by atoms with Crippen LogP contribution in [-0.4, -0.2) is 27.2 Å². The molecule has 4 rings (SSSR count). The molecule has 1 aliphatic rings. The standard InChI is InChI=1S/C24H26N2O4S/c1-28-16-7-4-6-15(12-16)14-25-24-22(18-8-5-9-21(18)31-24)23(27)26-19-11-10-17(29-2)13-20(19)30-3/h4,6-7,10-13,25H,5,8-9,14H2,1-3H3,(H,26,27). The molecule has 0 fully saturated rings. The zero-order valence-corrected chi connectivity index (χ0v) is 18.7. The van der Waals surface area contributed by atoms with Crippen molar-refractivity contribution in [1.82, 2.24) is 0 Å². The van der Waals surface area contributed by atoms with Crippen LogP contribution in [-0.2, 0) is 19.4 Å². The van der Waals surface area contributed by atoms with Crippen LogP contribution in [0.4, 0.5) is 10.7 Å².